The molecule has 0 aliphatic carbocycles. The molecule has 1 aromatic rings. The van der Waals surface area contributed by atoms with E-state index in [1.54, 1.807) is 6.07 Å². The molecule has 0 aromatic carbocycles. The molecule has 5 nitrogen and oxygen atoms in total. The maximum Gasteiger partial charge on any atom is 0.332 e. The minimum Gasteiger partial charge on any atom is -0.479 e. The molecule has 0 radical (unpaired) electrons. The summed E-state index contributed by atoms with van der Waals surface area (Å²) >= 11 is 1.40. The van der Waals surface area contributed by atoms with Crippen molar-refractivity contribution in [3.05, 3.63) is 21.4 Å². The van der Waals surface area contributed by atoms with Crippen LogP contribution < -0.4 is 5.32 Å². The lowest BCUT2D eigenvalue weighted by atomic mass is 10.2. The largest absolute Gasteiger partial charge is 0.479 e. The predicted molar refractivity (Wildman–Crippen MR) is 64.4 cm³/mol. The summed E-state index contributed by atoms with van der Waals surface area (Å²) in [6, 6.07) is 1.79. The Kier molecular flexibility index (Phi) is 4.65. The molecule has 1 aromatic heterocycles. The summed E-state index contributed by atoms with van der Waals surface area (Å²) < 4.78 is 0. The van der Waals surface area contributed by atoms with E-state index in [0.29, 0.717) is 4.88 Å². The highest BCUT2D eigenvalue weighted by Gasteiger charge is 2.14. The van der Waals surface area contributed by atoms with E-state index >= 15 is 0 Å². The minimum atomic E-state index is -1.43. The SMILES string of the molecule is Cc1cc(C(=O)NCC[C@H](O)C(=O)O)sc1C. The smallest absolute Gasteiger partial charge is 0.332 e. The average molecular weight is 257 g/mol. The van der Waals surface area contributed by atoms with Crippen molar-refractivity contribution in [2.45, 2.75) is 26.4 Å². The number of hydrogen-bond acceptors (Lipinski definition) is 4. The van der Waals surface area contributed by atoms with Crippen molar-refractivity contribution in [2.75, 3.05) is 6.54 Å². The molecule has 0 aliphatic heterocycles. The molecule has 0 saturated carbocycles. The first-order valence-electron chi connectivity index (χ1n) is 5.18. The number of carboxylic acid groups (broad SMARTS) is 1. The van der Waals surface area contributed by atoms with E-state index in [1.807, 2.05) is 13.8 Å². The van der Waals surface area contributed by atoms with Crippen LogP contribution in [0.25, 0.3) is 0 Å². The quantitative estimate of drug-likeness (QED) is 0.732. The summed E-state index contributed by atoms with van der Waals surface area (Å²) in [5.74, 6) is -1.51. The van der Waals surface area contributed by atoms with Gasteiger partial charge in [0.1, 0.15) is 0 Å². The summed E-state index contributed by atoms with van der Waals surface area (Å²) in [6.45, 7) is 4.00. The van der Waals surface area contributed by atoms with Gasteiger partial charge in [0.25, 0.3) is 5.91 Å². The maximum absolute atomic E-state index is 11.6. The number of aliphatic hydroxyl groups is 1. The third-order valence-electron chi connectivity index (χ3n) is 2.38. The third kappa shape index (κ3) is 3.83. The lowest BCUT2D eigenvalue weighted by Crippen LogP contribution is -2.29. The Balaban J connectivity index is 2.43. The molecule has 0 aliphatic rings. The number of thiophene rings is 1. The van der Waals surface area contributed by atoms with Gasteiger partial charge in [0.15, 0.2) is 6.10 Å². The van der Waals surface area contributed by atoms with Gasteiger partial charge in [-0.3, -0.25) is 4.79 Å². The van der Waals surface area contributed by atoms with E-state index in [0.717, 1.165) is 10.4 Å². The van der Waals surface area contributed by atoms with Crippen LogP contribution in [0, 0.1) is 13.8 Å². The Hall–Kier alpha value is -1.40. The molecule has 1 rings (SSSR count). The van der Waals surface area contributed by atoms with Gasteiger partial charge in [-0.2, -0.15) is 0 Å². The number of aliphatic hydroxyl groups excluding tert-OH is 1. The van der Waals surface area contributed by atoms with E-state index in [1.165, 1.54) is 11.3 Å². The lowest BCUT2D eigenvalue weighted by molar-refractivity contribution is -0.146. The van der Waals surface area contributed by atoms with Gasteiger partial charge in [0.05, 0.1) is 4.88 Å². The average Bonchev–Trinajstić information content (AvgIpc) is 2.59. The number of aliphatic carboxylic acids is 1. The molecule has 0 unspecified atom stereocenters. The van der Waals surface area contributed by atoms with Crippen LogP contribution in [0.4, 0.5) is 0 Å². The maximum atomic E-state index is 11.6. The molecule has 0 bridgehead atoms. The van der Waals surface area contributed by atoms with Crippen LogP contribution in [0.2, 0.25) is 0 Å². The molecule has 1 atom stereocenters. The van der Waals surface area contributed by atoms with E-state index in [4.69, 9.17) is 10.2 Å². The van der Waals surface area contributed by atoms with Gasteiger partial charge >= 0.3 is 5.97 Å². The first kappa shape index (κ1) is 13.7. The number of carboxylic acids is 1. The molecule has 3 N–H and O–H groups in total. The van der Waals surface area contributed by atoms with Crippen molar-refractivity contribution in [3.63, 3.8) is 0 Å². The molecule has 6 heteroatoms. The molecule has 0 saturated heterocycles. The van der Waals surface area contributed by atoms with E-state index in [9.17, 15) is 9.59 Å². The van der Waals surface area contributed by atoms with Crippen molar-refractivity contribution >= 4 is 23.2 Å². The highest BCUT2D eigenvalue weighted by molar-refractivity contribution is 7.14. The van der Waals surface area contributed by atoms with Crippen molar-refractivity contribution < 1.29 is 19.8 Å². The van der Waals surface area contributed by atoms with Crippen LogP contribution >= 0.6 is 11.3 Å². The van der Waals surface area contributed by atoms with E-state index in [2.05, 4.69) is 5.32 Å². The topological polar surface area (TPSA) is 86.6 Å². The highest BCUT2D eigenvalue weighted by atomic mass is 32.1. The summed E-state index contributed by atoms with van der Waals surface area (Å²) in [7, 11) is 0. The molecule has 1 heterocycles. The fourth-order valence-corrected chi connectivity index (χ4v) is 2.17. The van der Waals surface area contributed by atoms with Crippen LogP contribution in [0.1, 0.15) is 26.5 Å². The van der Waals surface area contributed by atoms with Gasteiger partial charge in [-0.1, -0.05) is 0 Å². The Morgan fingerprint density at radius 3 is 2.59 bits per heavy atom. The number of amides is 1. The normalized spacial score (nSPS) is 12.2. The van der Waals surface area contributed by atoms with Crippen LogP contribution in [-0.2, 0) is 4.79 Å². The fraction of sp³-hybridized carbons (Fsp3) is 0.455. The van der Waals surface area contributed by atoms with E-state index in [-0.39, 0.29) is 18.9 Å². The van der Waals surface area contributed by atoms with Gasteiger partial charge < -0.3 is 15.5 Å². The Bertz CT molecular complexity index is 408. The number of hydrogen-bond donors (Lipinski definition) is 3. The zero-order valence-corrected chi connectivity index (χ0v) is 10.5. The standard InChI is InChI=1S/C11H15NO4S/c1-6-5-9(17-7(6)2)10(14)12-4-3-8(13)11(15)16/h5,8,13H,3-4H2,1-2H3,(H,12,14)(H,15,16)/t8-/m0/s1. The minimum absolute atomic E-state index is 0.00438. The molecular formula is C11H15NO4S. The Labute approximate surface area is 103 Å². The zero-order valence-electron chi connectivity index (χ0n) is 9.69. The second-order valence-corrected chi connectivity index (χ2v) is 5.00. The number of carbonyl (C=O) groups excluding carboxylic acids is 1. The number of rotatable bonds is 5. The van der Waals surface area contributed by atoms with Gasteiger partial charge in [-0.25, -0.2) is 4.79 Å². The molecule has 17 heavy (non-hydrogen) atoms. The van der Waals surface area contributed by atoms with Crippen LogP contribution in [-0.4, -0.2) is 34.7 Å². The van der Waals surface area contributed by atoms with Crippen molar-refractivity contribution in [1.29, 1.82) is 0 Å². The number of nitrogens with one attached hydrogen (secondary N) is 1. The second kappa shape index (κ2) is 5.79. The summed E-state index contributed by atoms with van der Waals surface area (Å²) in [5.41, 5.74) is 1.06. The van der Waals surface area contributed by atoms with E-state index < -0.39 is 12.1 Å². The number of aryl methyl sites for hydroxylation is 2. The van der Waals surface area contributed by atoms with Crippen LogP contribution in [0.15, 0.2) is 6.07 Å². The molecular weight excluding hydrogens is 242 g/mol. The van der Waals surface area contributed by atoms with Crippen molar-refractivity contribution in [3.8, 4) is 0 Å². The van der Waals surface area contributed by atoms with Crippen molar-refractivity contribution in [1.82, 2.24) is 5.32 Å². The van der Waals surface area contributed by atoms with Crippen LogP contribution in [0.3, 0.4) is 0 Å². The predicted octanol–water partition coefficient (Wildman–Crippen LogP) is 0.930. The molecule has 94 valence electrons. The first-order chi connectivity index (χ1) is 7.91. The summed E-state index contributed by atoms with van der Waals surface area (Å²) in [5, 5.41) is 20.0. The lowest BCUT2D eigenvalue weighted by Gasteiger charge is -2.06. The number of carbonyl (C=O) groups is 2. The summed E-state index contributed by atoms with van der Waals surface area (Å²) in [4.78, 5) is 23.6. The van der Waals surface area contributed by atoms with Gasteiger partial charge in [0, 0.05) is 17.8 Å². The van der Waals surface area contributed by atoms with Gasteiger partial charge in [0.2, 0.25) is 0 Å². The molecule has 0 fully saturated rings. The zero-order chi connectivity index (χ0) is 13.0. The Morgan fingerprint density at radius 1 is 1.47 bits per heavy atom. The first-order valence-corrected chi connectivity index (χ1v) is 5.99. The molecule has 0 spiro atoms. The fourth-order valence-electron chi connectivity index (χ4n) is 1.22. The summed E-state index contributed by atoms with van der Waals surface area (Å²) in [6.07, 6.45) is -1.42. The third-order valence-corrected chi connectivity index (χ3v) is 3.53. The Morgan fingerprint density at radius 2 is 2.12 bits per heavy atom. The molecule has 1 amide bonds. The highest BCUT2D eigenvalue weighted by Crippen LogP contribution is 2.20. The second-order valence-electron chi connectivity index (χ2n) is 3.75. The van der Waals surface area contributed by atoms with Gasteiger partial charge in [-0.05, 0) is 25.5 Å². The monoisotopic (exact) mass is 257 g/mol. The van der Waals surface area contributed by atoms with Crippen molar-refractivity contribution in [2.24, 2.45) is 0 Å². The van der Waals surface area contributed by atoms with Gasteiger partial charge in [-0.15, -0.1) is 11.3 Å². The van der Waals surface area contributed by atoms with Crippen LogP contribution in [0.5, 0.6) is 0 Å².